The van der Waals surface area contributed by atoms with E-state index in [2.05, 4.69) is 27.0 Å². The van der Waals surface area contributed by atoms with Crippen molar-refractivity contribution in [2.24, 2.45) is 0 Å². The molecule has 0 unspecified atom stereocenters. The van der Waals surface area contributed by atoms with Crippen LogP contribution >= 0.6 is 11.3 Å². The Morgan fingerprint density at radius 1 is 1.10 bits per heavy atom. The molecule has 0 bridgehead atoms. The number of thiazole rings is 1. The number of nitrogens with zero attached hydrogens (tertiary/aromatic N) is 4. The van der Waals surface area contributed by atoms with Crippen LogP contribution in [0, 0.1) is 0 Å². The Balaban J connectivity index is 1.30. The average molecular weight is 423 g/mol. The highest BCUT2D eigenvalue weighted by atomic mass is 32.1. The fourth-order valence-corrected chi connectivity index (χ4v) is 4.42. The SMILES string of the molecule is COc1ccc(CN2CCCN(C(=O)Cc3csc(-c4ccccn4)n3)CC2)cc1. The number of amides is 1. The number of ether oxygens (including phenoxy) is 1. The van der Waals surface area contributed by atoms with Crippen LogP contribution in [-0.2, 0) is 17.8 Å². The Morgan fingerprint density at radius 3 is 2.73 bits per heavy atom. The lowest BCUT2D eigenvalue weighted by Crippen LogP contribution is -2.36. The molecule has 0 N–H and O–H groups in total. The predicted octanol–water partition coefficient (Wildman–Crippen LogP) is 3.49. The zero-order valence-corrected chi connectivity index (χ0v) is 18.0. The van der Waals surface area contributed by atoms with Crippen LogP contribution in [-0.4, -0.2) is 59.0 Å². The van der Waals surface area contributed by atoms with Gasteiger partial charge in [0.05, 0.1) is 24.9 Å². The van der Waals surface area contributed by atoms with Crippen molar-refractivity contribution in [3.63, 3.8) is 0 Å². The van der Waals surface area contributed by atoms with Crippen molar-refractivity contribution >= 4 is 17.2 Å². The number of pyridine rings is 1. The number of carbonyl (C=O) groups excluding carboxylic acids is 1. The Bertz CT molecular complexity index is 959. The monoisotopic (exact) mass is 422 g/mol. The normalized spacial score (nSPS) is 15.0. The molecule has 3 aromatic rings. The van der Waals surface area contributed by atoms with Crippen LogP contribution in [0.3, 0.4) is 0 Å². The average Bonchev–Trinajstić information content (AvgIpc) is 3.12. The minimum Gasteiger partial charge on any atom is -0.497 e. The molecule has 1 aromatic carbocycles. The van der Waals surface area contributed by atoms with Gasteiger partial charge in [0.15, 0.2) is 0 Å². The number of benzene rings is 1. The summed E-state index contributed by atoms with van der Waals surface area (Å²) in [6.45, 7) is 4.33. The van der Waals surface area contributed by atoms with E-state index in [0.717, 1.165) is 61.3 Å². The second kappa shape index (κ2) is 9.82. The lowest BCUT2D eigenvalue weighted by atomic mass is 10.2. The Labute approximate surface area is 181 Å². The van der Waals surface area contributed by atoms with Gasteiger partial charge in [-0.3, -0.25) is 14.7 Å². The molecule has 1 fully saturated rings. The summed E-state index contributed by atoms with van der Waals surface area (Å²) in [5.74, 6) is 1.03. The van der Waals surface area contributed by atoms with Gasteiger partial charge >= 0.3 is 0 Å². The quantitative estimate of drug-likeness (QED) is 0.609. The highest BCUT2D eigenvalue weighted by molar-refractivity contribution is 7.13. The van der Waals surface area contributed by atoms with E-state index in [-0.39, 0.29) is 5.91 Å². The minimum absolute atomic E-state index is 0.152. The van der Waals surface area contributed by atoms with Gasteiger partial charge in [-0.2, -0.15) is 0 Å². The van der Waals surface area contributed by atoms with Crippen molar-refractivity contribution in [3.8, 4) is 16.5 Å². The van der Waals surface area contributed by atoms with Crippen LogP contribution in [0.4, 0.5) is 0 Å². The summed E-state index contributed by atoms with van der Waals surface area (Å²) in [6.07, 6.45) is 3.09. The van der Waals surface area contributed by atoms with E-state index in [1.807, 2.05) is 40.6 Å². The molecule has 0 spiro atoms. The van der Waals surface area contributed by atoms with Gasteiger partial charge in [0.25, 0.3) is 0 Å². The van der Waals surface area contributed by atoms with Gasteiger partial charge in [0.1, 0.15) is 10.8 Å². The zero-order valence-electron chi connectivity index (χ0n) is 17.2. The van der Waals surface area contributed by atoms with Crippen molar-refractivity contribution in [1.29, 1.82) is 0 Å². The molecule has 1 amide bonds. The first-order valence-corrected chi connectivity index (χ1v) is 11.1. The Kier molecular flexibility index (Phi) is 6.71. The predicted molar refractivity (Wildman–Crippen MR) is 119 cm³/mol. The number of hydrogen-bond acceptors (Lipinski definition) is 6. The Hall–Kier alpha value is -2.77. The van der Waals surface area contributed by atoms with Crippen molar-refractivity contribution in [1.82, 2.24) is 19.8 Å². The molecule has 3 heterocycles. The summed E-state index contributed by atoms with van der Waals surface area (Å²) < 4.78 is 5.23. The maximum Gasteiger partial charge on any atom is 0.228 e. The number of hydrogen-bond donors (Lipinski definition) is 0. The van der Waals surface area contributed by atoms with E-state index in [4.69, 9.17) is 4.74 Å². The highest BCUT2D eigenvalue weighted by Gasteiger charge is 2.20. The van der Waals surface area contributed by atoms with Crippen LogP contribution in [0.1, 0.15) is 17.7 Å². The number of aromatic nitrogens is 2. The van der Waals surface area contributed by atoms with E-state index < -0.39 is 0 Å². The molecule has 4 rings (SSSR count). The summed E-state index contributed by atoms with van der Waals surface area (Å²) in [7, 11) is 1.68. The lowest BCUT2D eigenvalue weighted by molar-refractivity contribution is -0.130. The standard InChI is InChI=1S/C23H26N4O2S/c1-29-20-8-6-18(7-9-20)16-26-11-4-12-27(14-13-26)22(28)15-19-17-30-23(25-19)21-5-2-3-10-24-21/h2-3,5-10,17H,4,11-16H2,1H3. The van der Waals surface area contributed by atoms with Gasteiger partial charge in [-0.05, 0) is 36.2 Å². The van der Waals surface area contributed by atoms with Crippen LogP contribution in [0.15, 0.2) is 54.0 Å². The van der Waals surface area contributed by atoms with Gasteiger partial charge < -0.3 is 9.64 Å². The van der Waals surface area contributed by atoms with E-state index in [0.29, 0.717) is 6.42 Å². The van der Waals surface area contributed by atoms with E-state index in [1.165, 1.54) is 16.9 Å². The first-order valence-electron chi connectivity index (χ1n) is 10.2. The third kappa shape index (κ3) is 5.23. The topological polar surface area (TPSA) is 58.6 Å². The summed E-state index contributed by atoms with van der Waals surface area (Å²) in [5, 5.41) is 2.83. The molecule has 0 radical (unpaired) electrons. The first-order chi connectivity index (χ1) is 14.7. The minimum atomic E-state index is 0.152. The van der Waals surface area contributed by atoms with Crippen LogP contribution in [0.25, 0.3) is 10.7 Å². The maximum absolute atomic E-state index is 12.8. The van der Waals surface area contributed by atoms with Gasteiger partial charge in [-0.25, -0.2) is 4.98 Å². The molecular weight excluding hydrogens is 396 g/mol. The molecule has 0 atom stereocenters. The third-order valence-electron chi connectivity index (χ3n) is 5.27. The molecule has 1 aliphatic heterocycles. The largest absolute Gasteiger partial charge is 0.497 e. The smallest absolute Gasteiger partial charge is 0.228 e. The molecule has 7 heteroatoms. The molecule has 0 saturated carbocycles. The first kappa shape index (κ1) is 20.5. The highest BCUT2D eigenvalue weighted by Crippen LogP contribution is 2.22. The molecule has 1 saturated heterocycles. The molecular formula is C23H26N4O2S. The van der Waals surface area contributed by atoms with Gasteiger partial charge in [0.2, 0.25) is 5.91 Å². The number of carbonyl (C=O) groups is 1. The Morgan fingerprint density at radius 2 is 1.97 bits per heavy atom. The summed E-state index contributed by atoms with van der Waals surface area (Å²) in [4.78, 5) is 26.2. The number of rotatable bonds is 6. The maximum atomic E-state index is 12.8. The number of methoxy groups -OCH3 is 1. The van der Waals surface area contributed by atoms with Crippen LogP contribution in [0.5, 0.6) is 5.75 Å². The van der Waals surface area contributed by atoms with Crippen molar-refractivity contribution in [2.75, 3.05) is 33.3 Å². The van der Waals surface area contributed by atoms with Gasteiger partial charge in [-0.15, -0.1) is 11.3 Å². The molecule has 6 nitrogen and oxygen atoms in total. The molecule has 1 aliphatic rings. The summed E-state index contributed by atoms with van der Waals surface area (Å²) >= 11 is 1.54. The third-order valence-corrected chi connectivity index (χ3v) is 6.19. The molecule has 30 heavy (non-hydrogen) atoms. The molecule has 156 valence electrons. The van der Waals surface area contributed by atoms with E-state index >= 15 is 0 Å². The summed E-state index contributed by atoms with van der Waals surface area (Å²) in [5.41, 5.74) is 2.94. The van der Waals surface area contributed by atoms with Gasteiger partial charge in [0, 0.05) is 44.3 Å². The van der Waals surface area contributed by atoms with E-state index in [9.17, 15) is 4.79 Å². The van der Waals surface area contributed by atoms with Crippen molar-refractivity contribution in [3.05, 3.63) is 65.3 Å². The van der Waals surface area contributed by atoms with Crippen LogP contribution < -0.4 is 4.74 Å². The van der Waals surface area contributed by atoms with Crippen molar-refractivity contribution < 1.29 is 9.53 Å². The lowest BCUT2D eigenvalue weighted by Gasteiger charge is -2.22. The fourth-order valence-electron chi connectivity index (χ4n) is 3.63. The fraction of sp³-hybridized carbons (Fsp3) is 0.348. The molecule has 2 aromatic heterocycles. The van der Waals surface area contributed by atoms with Gasteiger partial charge in [-0.1, -0.05) is 18.2 Å². The van der Waals surface area contributed by atoms with Crippen LogP contribution in [0.2, 0.25) is 0 Å². The zero-order chi connectivity index (χ0) is 20.8. The van der Waals surface area contributed by atoms with E-state index in [1.54, 1.807) is 13.3 Å². The molecule has 0 aliphatic carbocycles. The van der Waals surface area contributed by atoms with Crippen molar-refractivity contribution in [2.45, 2.75) is 19.4 Å². The summed E-state index contributed by atoms with van der Waals surface area (Å²) in [6, 6.07) is 14.0. The second-order valence-corrected chi connectivity index (χ2v) is 8.25. The second-order valence-electron chi connectivity index (χ2n) is 7.39.